The predicted molar refractivity (Wildman–Crippen MR) is 70.5 cm³/mol. The zero-order valence-corrected chi connectivity index (χ0v) is 11.7. The van der Waals surface area contributed by atoms with Crippen LogP contribution in [0.3, 0.4) is 0 Å². The van der Waals surface area contributed by atoms with Crippen LogP contribution in [-0.4, -0.2) is 29.7 Å². The number of hydrogen-bond donors (Lipinski definition) is 3. The van der Waals surface area contributed by atoms with E-state index in [4.69, 9.17) is 5.11 Å². The topological polar surface area (TPSA) is 112 Å². The van der Waals surface area contributed by atoms with Crippen LogP contribution in [-0.2, 0) is 10.0 Å². The lowest BCUT2D eigenvalue weighted by molar-refractivity contribution is 0.0690. The summed E-state index contributed by atoms with van der Waals surface area (Å²) >= 11 is 3.17. The van der Waals surface area contributed by atoms with Gasteiger partial charge >= 0.3 is 5.97 Å². The van der Waals surface area contributed by atoms with E-state index in [0.29, 0.717) is 4.47 Å². The van der Waals surface area contributed by atoms with Gasteiger partial charge in [0.25, 0.3) is 10.0 Å². The van der Waals surface area contributed by atoms with Crippen molar-refractivity contribution in [1.29, 1.82) is 0 Å². The molecule has 0 unspecified atom stereocenters. The number of sulfonamides is 1. The standard InChI is InChI=1S/C10H8BrN3O4S/c11-6-2-1-3-7(4-6)19(17,18)14-9-5-8(10(15)16)12-13-9/h1-5H,(H,15,16)(H2,12,13,14). The fraction of sp³-hybridized carbons (Fsp3) is 0. The van der Waals surface area contributed by atoms with E-state index in [0.717, 1.165) is 6.07 Å². The molecule has 100 valence electrons. The van der Waals surface area contributed by atoms with Crippen LogP contribution in [0.25, 0.3) is 0 Å². The number of aromatic amines is 1. The molecule has 1 heterocycles. The number of carboxylic acid groups (broad SMARTS) is 1. The first-order valence-corrected chi connectivity index (χ1v) is 7.23. The molecule has 1 aromatic heterocycles. The third kappa shape index (κ3) is 3.12. The molecule has 0 aliphatic rings. The molecule has 1 aromatic carbocycles. The van der Waals surface area contributed by atoms with Gasteiger partial charge in [0.15, 0.2) is 5.82 Å². The number of benzene rings is 1. The minimum Gasteiger partial charge on any atom is -0.477 e. The lowest BCUT2D eigenvalue weighted by Crippen LogP contribution is -2.13. The Morgan fingerprint density at radius 2 is 2.11 bits per heavy atom. The zero-order chi connectivity index (χ0) is 14.0. The molecule has 0 saturated carbocycles. The van der Waals surface area contributed by atoms with Crippen molar-refractivity contribution < 1.29 is 18.3 Å². The highest BCUT2D eigenvalue weighted by Gasteiger charge is 2.17. The van der Waals surface area contributed by atoms with Gasteiger partial charge in [0.1, 0.15) is 5.69 Å². The smallest absolute Gasteiger partial charge is 0.353 e. The lowest BCUT2D eigenvalue weighted by atomic mass is 10.4. The van der Waals surface area contributed by atoms with Crippen molar-refractivity contribution >= 4 is 37.7 Å². The molecule has 0 aliphatic carbocycles. The van der Waals surface area contributed by atoms with Crippen LogP contribution >= 0.6 is 15.9 Å². The Morgan fingerprint density at radius 1 is 1.37 bits per heavy atom. The molecule has 7 nitrogen and oxygen atoms in total. The van der Waals surface area contributed by atoms with Gasteiger partial charge in [-0.15, -0.1) is 0 Å². The van der Waals surface area contributed by atoms with Gasteiger partial charge in [-0.1, -0.05) is 22.0 Å². The molecule has 0 saturated heterocycles. The van der Waals surface area contributed by atoms with Crippen molar-refractivity contribution in [3.63, 3.8) is 0 Å². The normalized spacial score (nSPS) is 11.2. The van der Waals surface area contributed by atoms with E-state index in [1.807, 2.05) is 0 Å². The first-order chi connectivity index (χ1) is 8.88. The molecule has 0 radical (unpaired) electrons. The number of hydrogen-bond acceptors (Lipinski definition) is 4. The highest BCUT2D eigenvalue weighted by Crippen LogP contribution is 2.18. The molecular formula is C10H8BrN3O4S. The summed E-state index contributed by atoms with van der Waals surface area (Å²) < 4.78 is 26.8. The van der Waals surface area contributed by atoms with Crippen LogP contribution in [0.2, 0.25) is 0 Å². The van der Waals surface area contributed by atoms with Gasteiger partial charge < -0.3 is 5.11 Å². The van der Waals surface area contributed by atoms with Crippen molar-refractivity contribution in [1.82, 2.24) is 10.2 Å². The third-order valence-corrected chi connectivity index (χ3v) is 4.00. The highest BCUT2D eigenvalue weighted by atomic mass is 79.9. The van der Waals surface area contributed by atoms with Gasteiger partial charge in [0.05, 0.1) is 4.90 Å². The summed E-state index contributed by atoms with van der Waals surface area (Å²) in [5, 5.41) is 14.5. The summed E-state index contributed by atoms with van der Waals surface area (Å²) in [6.07, 6.45) is 0. The second kappa shape index (κ2) is 5.02. The summed E-state index contributed by atoms with van der Waals surface area (Å²) in [5.41, 5.74) is -0.202. The summed E-state index contributed by atoms with van der Waals surface area (Å²) in [4.78, 5) is 10.7. The first-order valence-electron chi connectivity index (χ1n) is 4.95. The Labute approximate surface area is 116 Å². The Balaban J connectivity index is 2.28. The minimum atomic E-state index is -3.80. The molecule has 19 heavy (non-hydrogen) atoms. The van der Waals surface area contributed by atoms with Gasteiger partial charge in [-0.3, -0.25) is 9.82 Å². The average molecular weight is 346 g/mol. The molecule has 2 rings (SSSR count). The predicted octanol–water partition coefficient (Wildman–Crippen LogP) is 1.67. The van der Waals surface area contributed by atoms with Crippen molar-refractivity contribution in [2.75, 3.05) is 4.72 Å². The summed E-state index contributed by atoms with van der Waals surface area (Å²) in [7, 11) is -3.80. The molecule has 0 atom stereocenters. The second-order valence-electron chi connectivity index (χ2n) is 3.53. The lowest BCUT2D eigenvalue weighted by Gasteiger charge is -2.05. The Kier molecular flexibility index (Phi) is 3.58. The van der Waals surface area contributed by atoms with E-state index in [-0.39, 0.29) is 16.4 Å². The van der Waals surface area contributed by atoms with Gasteiger partial charge in [-0.05, 0) is 18.2 Å². The number of nitrogens with zero attached hydrogens (tertiary/aromatic N) is 1. The van der Waals surface area contributed by atoms with Crippen molar-refractivity contribution in [3.05, 3.63) is 40.5 Å². The largest absolute Gasteiger partial charge is 0.477 e. The average Bonchev–Trinajstić information content (AvgIpc) is 2.77. The number of nitrogens with one attached hydrogen (secondary N) is 2. The molecule has 2 aromatic rings. The van der Waals surface area contributed by atoms with Crippen LogP contribution < -0.4 is 4.72 Å². The van der Waals surface area contributed by atoms with Gasteiger partial charge in [0, 0.05) is 10.5 Å². The summed E-state index contributed by atoms with van der Waals surface area (Å²) in [5.74, 6) is -1.31. The number of aromatic carboxylic acids is 1. The SMILES string of the molecule is O=C(O)c1cc(NS(=O)(=O)c2cccc(Br)c2)n[nH]1. The number of anilines is 1. The minimum absolute atomic E-state index is 0.0433. The van der Waals surface area contributed by atoms with Crippen LogP contribution in [0.15, 0.2) is 39.7 Å². The summed E-state index contributed by atoms with van der Waals surface area (Å²) in [6.45, 7) is 0. The maximum absolute atomic E-state index is 12.0. The van der Waals surface area contributed by atoms with Crippen LogP contribution in [0, 0.1) is 0 Å². The third-order valence-electron chi connectivity index (χ3n) is 2.15. The summed E-state index contributed by atoms with van der Waals surface area (Å²) in [6, 6.07) is 7.20. The van der Waals surface area contributed by atoms with E-state index < -0.39 is 16.0 Å². The Hall–Kier alpha value is -1.87. The highest BCUT2D eigenvalue weighted by molar-refractivity contribution is 9.10. The van der Waals surface area contributed by atoms with Crippen LogP contribution in [0.5, 0.6) is 0 Å². The molecular weight excluding hydrogens is 338 g/mol. The Bertz CT molecular complexity index is 726. The molecule has 3 N–H and O–H groups in total. The number of carbonyl (C=O) groups is 1. The zero-order valence-electron chi connectivity index (χ0n) is 9.29. The second-order valence-corrected chi connectivity index (χ2v) is 6.13. The van der Waals surface area contributed by atoms with Gasteiger partial charge in [-0.25, -0.2) is 13.2 Å². The molecule has 0 fully saturated rings. The molecule has 0 bridgehead atoms. The van der Waals surface area contributed by atoms with E-state index in [1.54, 1.807) is 12.1 Å². The van der Waals surface area contributed by atoms with E-state index in [9.17, 15) is 13.2 Å². The number of H-pyrrole nitrogens is 1. The monoisotopic (exact) mass is 345 g/mol. The van der Waals surface area contributed by atoms with Crippen LogP contribution in [0.4, 0.5) is 5.82 Å². The first kappa shape index (κ1) is 13.6. The number of carboxylic acids is 1. The van der Waals surface area contributed by atoms with E-state index in [1.165, 1.54) is 12.1 Å². The van der Waals surface area contributed by atoms with E-state index in [2.05, 4.69) is 30.8 Å². The maximum Gasteiger partial charge on any atom is 0.353 e. The quantitative estimate of drug-likeness (QED) is 0.780. The van der Waals surface area contributed by atoms with Gasteiger partial charge in [0.2, 0.25) is 0 Å². The fourth-order valence-corrected chi connectivity index (χ4v) is 2.90. The van der Waals surface area contributed by atoms with Gasteiger partial charge in [-0.2, -0.15) is 5.10 Å². The van der Waals surface area contributed by atoms with E-state index >= 15 is 0 Å². The van der Waals surface area contributed by atoms with Crippen LogP contribution in [0.1, 0.15) is 10.5 Å². The van der Waals surface area contributed by atoms with Crippen molar-refractivity contribution in [2.24, 2.45) is 0 Å². The molecule has 0 amide bonds. The number of rotatable bonds is 4. The molecule has 0 aliphatic heterocycles. The number of aromatic nitrogens is 2. The van der Waals surface area contributed by atoms with Crippen molar-refractivity contribution in [2.45, 2.75) is 4.90 Å². The maximum atomic E-state index is 12.0. The fourth-order valence-electron chi connectivity index (χ4n) is 1.31. The molecule has 0 spiro atoms. The van der Waals surface area contributed by atoms with Crippen molar-refractivity contribution in [3.8, 4) is 0 Å². The number of halogens is 1. The molecule has 9 heteroatoms. The Morgan fingerprint density at radius 3 is 2.68 bits per heavy atom.